The number of ether oxygens (including phenoxy) is 4. The van der Waals surface area contributed by atoms with Crippen LogP contribution in [0.4, 0.5) is 5.82 Å². The third-order valence-corrected chi connectivity index (χ3v) is 4.30. The SMILES string of the molecule is CC(OCC1OCC(n2ccc(N)nc2=O)O1)OC1CCCCC1. The predicted octanol–water partition coefficient (Wildman–Crippen LogP) is 1.41. The van der Waals surface area contributed by atoms with Gasteiger partial charge in [0.25, 0.3) is 0 Å². The maximum Gasteiger partial charge on any atom is 0.351 e. The minimum Gasteiger partial charge on any atom is -0.383 e. The zero-order chi connectivity index (χ0) is 16.9. The molecule has 0 radical (unpaired) electrons. The first kappa shape index (κ1) is 17.3. The van der Waals surface area contributed by atoms with Gasteiger partial charge in [-0.1, -0.05) is 19.3 Å². The molecular weight excluding hydrogens is 314 g/mol. The summed E-state index contributed by atoms with van der Waals surface area (Å²) in [4.78, 5) is 15.5. The van der Waals surface area contributed by atoms with Crippen molar-refractivity contribution in [1.82, 2.24) is 9.55 Å². The van der Waals surface area contributed by atoms with Gasteiger partial charge in [0.2, 0.25) is 0 Å². The highest BCUT2D eigenvalue weighted by Crippen LogP contribution is 2.23. The fraction of sp³-hybridized carbons (Fsp3) is 0.750. The number of nitrogen functional groups attached to an aromatic ring is 1. The van der Waals surface area contributed by atoms with Gasteiger partial charge in [0.1, 0.15) is 12.4 Å². The van der Waals surface area contributed by atoms with Gasteiger partial charge in [-0.05, 0) is 25.8 Å². The van der Waals surface area contributed by atoms with E-state index in [4.69, 9.17) is 24.7 Å². The van der Waals surface area contributed by atoms with Crippen LogP contribution in [0.15, 0.2) is 17.1 Å². The van der Waals surface area contributed by atoms with E-state index in [2.05, 4.69) is 4.98 Å². The zero-order valence-corrected chi connectivity index (χ0v) is 13.9. The molecule has 24 heavy (non-hydrogen) atoms. The van der Waals surface area contributed by atoms with E-state index in [1.165, 1.54) is 23.8 Å². The van der Waals surface area contributed by atoms with Gasteiger partial charge >= 0.3 is 5.69 Å². The number of hydrogen-bond donors (Lipinski definition) is 1. The maximum absolute atomic E-state index is 11.8. The van der Waals surface area contributed by atoms with Gasteiger partial charge in [0.15, 0.2) is 18.8 Å². The molecule has 1 saturated heterocycles. The third-order valence-electron chi connectivity index (χ3n) is 4.30. The molecule has 3 rings (SSSR count). The summed E-state index contributed by atoms with van der Waals surface area (Å²) in [5, 5.41) is 0. The minimum atomic E-state index is -0.531. The Morgan fingerprint density at radius 1 is 1.42 bits per heavy atom. The van der Waals surface area contributed by atoms with E-state index < -0.39 is 18.2 Å². The Morgan fingerprint density at radius 3 is 2.96 bits per heavy atom. The summed E-state index contributed by atoms with van der Waals surface area (Å²) in [6.07, 6.45) is 6.41. The average Bonchev–Trinajstić information content (AvgIpc) is 3.02. The van der Waals surface area contributed by atoms with Crippen LogP contribution >= 0.6 is 0 Å². The third kappa shape index (κ3) is 4.54. The Balaban J connectivity index is 1.43. The molecule has 1 aliphatic carbocycles. The lowest BCUT2D eigenvalue weighted by molar-refractivity contribution is -0.204. The molecule has 2 fully saturated rings. The summed E-state index contributed by atoms with van der Waals surface area (Å²) in [7, 11) is 0. The topological polar surface area (TPSA) is 97.8 Å². The predicted molar refractivity (Wildman–Crippen MR) is 86.1 cm³/mol. The fourth-order valence-corrected chi connectivity index (χ4v) is 3.05. The smallest absolute Gasteiger partial charge is 0.351 e. The quantitative estimate of drug-likeness (QED) is 0.782. The van der Waals surface area contributed by atoms with Crippen molar-refractivity contribution >= 4 is 5.82 Å². The molecule has 0 aromatic carbocycles. The lowest BCUT2D eigenvalue weighted by Crippen LogP contribution is -2.30. The number of rotatable bonds is 6. The van der Waals surface area contributed by atoms with Crippen LogP contribution in [-0.2, 0) is 18.9 Å². The molecular formula is C16H25N3O5. The summed E-state index contributed by atoms with van der Waals surface area (Å²) in [5.74, 6) is 0.184. The highest BCUT2D eigenvalue weighted by Gasteiger charge is 2.29. The first-order valence-corrected chi connectivity index (χ1v) is 8.50. The van der Waals surface area contributed by atoms with Crippen molar-refractivity contribution in [3.8, 4) is 0 Å². The largest absolute Gasteiger partial charge is 0.383 e. The van der Waals surface area contributed by atoms with Crippen molar-refractivity contribution in [1.29, 1.82) is 0 Å². The molecule has 2 aliphatic rings. The summed E-state index contributed by atoms with van der Waals surface area (Å²) in [6.45, 7) is 2.40. The van der Waals surface area contributed by atoms with Gasteiger partial charge in [0.05, 0.1) is 12.7 Å². The van der Waals surface area contributed by atoms with Crippen LogP contribution in [0.2, 0.25) is 0 Å². The number of anilines is 1. The van der Waals surface area contributed by atoms with E-state index in [0.717, 1.165) is 12.8 Å². The normalized spacial score (nSPS) is 26.5. The molecule has 0 amide bonds. The summed E-state index contributed by atoms with van der Waals surface area (Å²) in [5.41, 5.74) is 5.02. The second kappa shape index (κ2) is 8.06. The molecule has 8 nitrogen and oxygen atoms in total. The molecule has 3 unspecified atom stereocenters. The monoisotopic (exact) mass is 339 g/mol. The van der Waals surface area contributed by atoms with Crippen molar-refractivity contribution in [3.63, 3.8) is 0 Å². The van der Waals surface area contributed by atoms with Crippen LogP contribution in [0.25, 0.3) is 0 Å². The Morgan fingerprint density at radius 2 is 2.21 bits per heavy atom. The molecule has 0 spiro atoms. The molecule has 3 atom stereocenters. The van der Waals surface area contributed by atoms with Crippen LogP contribution in [0, 0.1) is 0 Å². The standard InChI is InChI=1S/C16H25N3O5/c1-11(23-12-5-3-2-4-6-12)21-10-15-22-9-14(24-15)19-8-7-13(17)18-16(19)20/h7-8,11-12,14-15H,2-6,9-10H2,1H3,(H2,17,18,20). The second-order valence-corrected chi connectivity index (χ2v) is 6.19. The van der Waals surface area contributed by atoms with Gasteiger partial charge in [-0.25, -0.2) is 4.79 Å². The van der Waals surface area contributed by atoms with Crippen LogP contribution in [0.1, 0.15) is 45.3 Å². The van der Waals surface area contributed by atoms with Gasteiger partial charge in [-0.3, -0.25) is 4.57 Å². The first-order valence-electron chi connectivity index (χ1n) is 8.50. The van der Waals surface area contributed by atoms with E-state index in [0.29, 0.717) is 0 Å². The second-order valence-electron chi connectivity index (χ2n) is 6.19. The van der Waals surface area contributed by atoms with Gasteiger partial charge in [0, 0.05) is 6.20 Å². The van der Waals surface area contributed by atoms with Gasteiger partial charge in [-0.2, -0.15) is 4.98 Å². The average molecular weight is 339 g/mol. The molecule has 1 aliphatic heterocycles. The molecule has 0 bridgehead atoms. The van der Waals surface area contributed by atoms with E-state index in [-0.39, 0.29) is 31.4 Å². The van der Waals surface area contributed by atoms with Crippen LogP contribution in [0.3, 0.4) is 0 Å². The van der Waals surface area contributed by atoms with Gasteiger partial charge in [-0.15, -0.1) is 0 Å². The van der Waals surface area contributed by atoms with Crippen molar-refractivity contribution in [3.05, 3.63) is 22.7 Å². The van der Waals surface area contributed by atoms with Crippen LogP contribution in [0.5, 0.6) is 0 Å². The lowest BCUT2D eigenvalue weighted by Gasteiger charge is -2.26. The van der Waals surface area contributed by atoms with E-state index in [9.17, 15) is 4.79 Å². The molecule has 1 aromatic heterocycles. The minimum absolute atomic E-state index is 0.184. The number of hydrogen-bond acceptors (Lipinski definition) is 7. The Hall–Kier alpha value is -1.48. The molecule has 2 heterocycles. The Labute approximate surface area is 140 Å². The Bertz CT molecular complexity index is 587. The molecule has 1 aromatic rings. The summed E-state index contributed by atoms with van der Waals surface area (Å²) < 4.78 is 24.1. The van der Waals surface area contributed by atoms with Crippen molar-refractivity contribution in [2.45, 2.75) is 63.9 Å². The fourth-order valence-electron chi connectivity index (χ4n) is 3.05. The number of nitrogens with two attached hydrogens (primary N) is 1. The van der Waals surface area contributed by atoms with E-state index in [1.54, 1.807) is 12.3 Å². The summed E-state index contributed by atoms with van der Waals surface area (Å²) in [6, 6.07) is 1.55. The van der Waals surface area contributed by atoms with Crippen molar-refractivity contribution in [2.75, 3.05) is 18.9 Å². The van der Waals surface area contributed by atoms with Crippen LogP contribution < -0.4 is 11.4 Å². The number of nitrogens with zero attached hydrogens (tertiary/aromatic N) is 2. The van der Waals surface area contributed by atoms with Crippen molar-refractivity contribution < 1.29 is 18.9 Å². The zero-order valence-electron chi connectivity index (χ0n) is 13.9. The first-order chi connectivity index (χ1) is 11.6. The van der Waals surface area contributed by atoms with E-state index >= 15 is 0 Å². The van der Waals surface area contributed by atoms with E-state index in [1.807, 2.05) is 6.92 Å². The molecule has 2 N–H and O–H groups in total. The maximum atomic E-state index is 11.8. The molecule has 134 valence electrons. The highest BCUT2D eigenvalue weighted by molar-refractivity contribution is 5.23. The highest BCUT2D eigenvalue weighted by atomic mass is 16.8. The molecule has 8 heteroatoms. The number of aromatic nitrogens is 2. The van der Waals surface area contributed by atoms with Gasteiger partial charge < -0.3 is 24.7 Å². The lowest BCUT2D eigenvalue weighted by atomic mass is 9.98. The van der Waals surface area contributed by atoms with Crippen molar-refractivity contribution in [2.24, 2.45) is 0 Å². The summed E-state index contributed by atoms with van der Waals surface area (Å²) >= 11 is 0. The molecule has 1 saturated carbocycles. The Kier molecular flexibility index (Phi) is 5.83. The van der Waals surface area contributed by atoms with Crippen LogP contribution in [-0.4, -0.2) is 41.4 Å².